The molecule has 10 heteroatoms. The van der Waals surface area contributed by atoms with Crippen LogP contribution in [0.4, 0.5) is 0 Å². The van der Waals surface area contributed by atoms with Crippen molar-refractivity contribution in [2.45, 2.75) is 32.4 Å². The zero-order valence-corrected chi connectivity index (χ0v) is 16.7. The van der Waals surface area contributed by atoms with Crippen LogP contribution in [0.2, 0.25) is 5.15 Å². The van der Waals surface area contributed by atoms with Crippen LogP contribution in [0.3, 0.4) is 0 Å². The first kappa shape index (κ1) is 21.2. The lowest BCUT2D eigenvalue weighted by Gasteiger charge is -2.11. The fraction of sp³-hybridized carbons (Fsp3) is 0.471. The Balaban J connectivity index is 2.05. The monoisotopic (exact) mass is 415 g/mol. The quantitative estimate of drug-likeness (QED) is 0.410. The van der Waals surface area contributed by atoms with E-state index in [1.165, 1.54) is 23.8 Å². The van der Waals surface area contributed by atoms with Crippen molar-refractivity contribution in [3.63, 3.8) is 0 Å². The number of ether oxygens (including phenoxy) is 1. The number of aryl methyl sites for hydroxylation is 1. The van der Waals surface area contributed by atoms with Gasteiger partial charge < -0.3 is 10.1 Å². The molecule has 0 aromatic carbocycles. The minimum Gasteiger partial charge on any atom is -0.449 e. The van der Waals surface area contributed by atoms with Gasteiger partial charge in [0.25, 0.3) is 5.91 Å². The molecule has 1 aliphatic heterocycles. The van der Waals surface area contributed by atoms with Crippen LogP contribution in [0.1, 0.15) is 30.6 Å². The second-order valence-electron chi connectivity index (χ2n) is 6.24. The van der Waals surface area contributed by atoms with Gasteiger partial charge in [-0.25, -0.2) is 17.9 Å². The van der Waals surface area contributed by atoms with Crippen LogP contribution in [0.25, 0.3) is 6.08 Å². The lowest BCUT2D eigenvalue weighted by molar-refractivity contribution is -0.150. The van der Waals surface area contributed by atoms with E-state index in [0.717, 1.165) is 6.08 Å². The van der Waals surface area contributed by atoms with Crippen LogP contribution in [0, 0.1) is 6.92 Å². The molecule has 148 valence electrons. The highest BCUT2D eigenvalue weighted by atomic mass is 35.5. The molecule has 8 nitrogen and oxygen atoms in total. The van der Waals surface area contributed by atoms with Gasteiger partial charge in [0.15, 0.2) is 15.9 Å². The second-order valence-corrected chi connectivity index (χ2v) is 8.82. The SMILES string of the molecule is C=CCNC(=O)[C@H](C)OC(=O)/C=C/c1c(C)nn([C@@H]2CCS(=O)(=O)C2)c1Cl. The minimum absolute atomic E-state index is 0.00360. The predicted molar refractivity (Wildman–Crippen MR) is 102 cm³/mol. The third-order valence-electron chi connectivity index (χ3n) is 4.09. The van der Waals surface area contributed by atoms with Crippen molar-refractivity contribution in [2.24, 2.45) is 0 Å². The fourth-order valence-electron chi connectivity index (χ4n) is 2.67. The first-order chi connectivity index (χ1) is 12.6. The van der Waals surface area contributed by atoms with Gasteiger partial charge in [0.05, 0.1) is 23.2 Å². The lowest BCUT2D eigenvalue weighted by atomic mass is 10.2. The molecule has 1 saturated heterocycles. The summed E-state index contributed by atoms with van der Waals surface area (Å²) in [6, 6.07) is -0.316. The molecule has 0 bridgehead atoms. The zero-order chi connectivity index (χ0) is 20.2. The Morgan fingerprint density at radius 1 is 1.52 bits per heavy atom. The summed E-state index contributed by atoms with van der Waals surface area (Å²) in [5.74, 6) is -1.03. The molecule has 0 unspecified atom stereocenters. The van der Waals surface area contributed by atoms with Crippen molar-refractivity contribution in [3.8, 4) is 0 Å². The van der Waals surface area contributed by atoms with E-state index in [4.69, 9.17) is 16.3 Å². The Labute approximate surface area is 163 Å². The minimum atomic E-state index is -3.07. The molecule has 2 atom stereocenters. The van der Waals surface area contributed by atoms with Gasteiger partial charge in [-0.3, -0.25) is 4.79 Å². The van der Waals surface area contributed by atoms with Crippen LogP contribution < -0.4 is 5.32 Å². The number of hydrogen-bond donors (Lipinski definition) is 1. The van der Waals surface area contributed by atoms with Crippen LogP contribution in [-0.2, 0) is 24.2 Å². The Hall–Kier alpha value is -2.13. The maximum absolute atomic E-state index is 11.9. The maximum atomic E-state index is 11.9. The molecule has 1 aromatic heterocycles. The first-order valence-electron chi connectivity index (χ1n) is 8.37. The summed E-state index contributed by atoms with van der Waals surface area (Å²) >= 11 is 6.33. The highest BCUT2D eigenvalue weighted by Gasteiger charge is 2.31. The Bertz CT molecular complexity index is 875. The van der Waals surface area contributed by atoms with Gasteiger partial charge in [0.1, 0.15) is 5.15 Å². The molecular weight excluding hydrogens is 394 g/mol. The molecule has 27 heavy (non-hydrogen) atoms. The number of amides is 1. The zero-order valence-electron chi connectivity index (χ0n) is 15.1. The molecule has 0 saturated carbocycles. The molecular formula is C17H22ClN3O5S. The van der Waals surface area contributed by atoms with E-state index < -0.39 is 27.8 Å². The molecule has 2 rings (SSSR count). The van der Waals surface area contributed by atoms with Crippen LogP contribution in [0.15, 0.2) is 18.7 Å². The molecule has 0 spiro atoms. The van der Waals surface area contributed by atoms with Gasteiger partial charge in [-0.15, -0.1) is 6.58 Å². The number of nitrogens with zero attached hydrogens (tertiary/aromatic N) is 2. The smallest absolute Gasteiger partial charge is 0.331 e. The van der Waals surface area contributed by atoms with Crippen LogP contribution in [-0.4, -0.2) is 54.2 Å². The van der Waals surface area contributed by atoms with E-state index in [1.54, 1.807) is 6.92 Å². The number of hydrogen-bond acceptors (Lipinski definition) is 6. The second kappa shape index (κ2) is 8.71. The van der Waals surface area contributed by atoms with Gasteiger partial charge in [0.2, 0.25) is 0 Å². The number of esters is 1. The highest BCUT2D eigenvalue weighted by Crippen LogP contribution is 2.30. The molecule has 2 heterocycles. The lowest BCUT2D eigenvalue weighted by Crippen LogP contribution is -2.35. The van der Waals surface area contributed by atoms with E-state index in [-0.39, 0.29) is 29.2 Å². The summed E-state index contributed by atoms with van der Waals surface area (Å²) in [6.45, 7) is 6.93. The van der Waals surface area contributed by atoms with Crippen LogP contribution >= 0.6 is 11.6 Å². The summed E-state index contributed by atoms with van der Waals surface area (Å²) in [7, 11) is -3.07. The number of sulfone groups is 1. The third kappa shape index (κ3) is 5.43. The van der Waals surface area contributed by atoms with E-state index in [9.17, 15) is 18.0 Å². The molecule has 1 aromatic rings. The summed E-state index contributed by atoms with van der Waals surface area (Å²) in [6.07, 6.45) is 3.62. The average Bonchev–Trinajstić information content (AvgIpc) is 3.09. The maximum Gasteiger partial charge on any atom is 0.331 e. The van der Waals surface area contributed by atoms with Gasteiger partial charge >= 0.3 is 5.97 Å². The number of aromatic nitrogens is 2. The number of nitrogens with one attached hydrogen (secondary N) is 1. The third-order valence-corrected chi connectivity index (χ3v) is 6.22. The van der Waals surface area contributed by atoms with Gasteiger partial charge in [-0.05, 0) is 26.3 Å². The standard InChI is InChI=1S/C17H22ClN3O5S/c1-4-8-19-17(23)12(3)26-15(22)6-5-14-11(2)20-21(16(14)18)13-7-9-27(24,25)10-13/h4-6,12-13H,1,7-10H2,2-3H3,(H,19,23)/b6-5+/t12-,13+/m0/s1. The average molecular weight is 416 g/mol. The van der Waals surface area contributed by atoms with E-state index in [1.807, 2.05) is 0 Å². The van der Waals surface area contributed by atoms with E-state index in [2.05, 4.69) is 17.0 Å². The summed E-state index contributed by atoms with van der Waals surface area (Å²) in [5, 5.41) is 7.09. The molecule has 1 aliphatic rings. The van der Waals surface area contributed by atoms with Gasteiger partial charge in [0, 0.05) is 18.2 Å². The number of carbonyl (C=O) groups excluding carboxylic acids is 2. The Kier molecular flexibility index (Phi) is 6.83. The Morgan fingerprint density at radius 3 is 2.81 bits per heavy atom. The van der Waals surface area contributed by atoms with Gasteiger partial charge in [-0.1, -0.05) is 17.7 Å². The van der Waals surface area contributed by atoms with Crippen molar-refractivity contribution < 1.29 is 22.7 Å². The van der Waals surface area contributed by atoms with Gasteiger partial charge in [-0.2, -0.15) is 5.10 Å². The summed E-state index contributed by atoms with van der Waals surface area (Å²) in [5.41, 5.74) is 1.06. The van der Waals surface area contributed by atoms with Crippen molar-refractivity contribution in [3.05, 3.63) is 35.1 Å². The first-order valence-corrected chi connectivity index (χ1v) is 10.6. The van der Waals surface area contributed by atoms with E-state index in [0.29, 0.717) is 17.7 Å². The molecule has 1 fully saturated rings. The van der Waals surface area contributed by atoms with Crippen molar-refractivity contribution in [2.75, 3.05) is 18.1 Å². The number of rotatable bonds is 7. The van der Waals surface area contributed by atoms with Crippen molar-refractivity contribution >= 4 is 39.4 Å². The van der Waals surface area contributed by atoms with E-state index >= 15 is 0 Å². The summed E-state index contributed by atoms with van der Waals surface area (Å²) < 4.78 is 29.8. The predicted octanol–water partition coefficient (Wildman–Crippen LogP) is 1.45. The topological polar surface area (TPSA) is 107 Å². The number of halogens is 1. The van der Waals surface area contributed by atoms with Crippen LogP contribution in [0.5, 0.6) is 0 Å². The fourth-order valence-corrected chi connectivity index (χ4v) is 4.73. The molecule has 0 radical (unpaired) electrons. The molecule has 1 amide bonds. The normalized spacial score (nSPS) is 19.7. The van der Waals surface area contributed by atoms with Crippen molar-refractivity contribution in [1.82, 2.24) is 15.1 Å². The summed E-state index contributed by atoms with van der Waals surface area (Å²) in [4.78, 5) is 23.6. The molecule has 1 N–H and O–H groups in total. The largest absolute Gasteiger partial charge is 0.449 e. The molecule has 0 aliphatic carbocycles. The number of carbonyl (C=O) groups is 2. The van der Waals surface area contributed by atoms with Crippen molar-refractivity contribution in [1.29, 1.82) is 0 Å². The highest BCUT2D eigenvalue weighted by molar-refractivity contribution is 7.91. The Morgan fingerprint density at radius 2 is 2.22 bits per heavy atom.